The molecule has 0 saturated carbocycles. The first-order valence-corrected chi connectivity index (χ1v) is 25.0. The number of benzene rings is 1. The lowest BCUT2D eigenvalue weighted by atomic mass is 10.2. The quantitative estimate of drug-likeness (QED) is 0.104. The number of aryl methyl sites for hydroxylation is 6. The van der Waals surface area contributed by atoms with Crippen molar-refractivity contribution >= 4 is 28.3 Å². The van der Waals surface area contributed by atoms with E-state index in [2.05, 4.69) is 130 Å². The number of para-hydroxylation sites is 2. The van der Waals surface area contributed by atoms with Crippen molar-refractivity contribution in [3.8, 4) is 35.4 Å². The molecule has 0 unspecified atom stereocenters. The lowest BCUT2D eigenvalue weighted by Gasteiger charge is -2.23. The zero-order valence-corrected chi connectivity index (χ0v) is 45.9. The molecule has 18 nitrogen and oxygen atoms in total. The molecule has 0 bridgehead atoms. The zero-order valence-electron chi connectivity index (χ0n) is 45.1. The monoisotopic (exact) mass is 993 g/mol. The topological polar surface area (TPSA) is 171 Å². The number of fused-ring (bicyclic) bond motifs is 3. The average molecular weight is 994 g/mol. The number of hydrogen-bond donors (Lipinski definition) is 0. The molecule has 0 spiro atoms. The van der Waals surface area contributed by atoms with Crippen LogP contribution in [0.2, 0.25) is 0 Å². The maximum Gasteiger partial charge on any atom is 0.278 e. The Morgan fingerprint density at radius 2 is 1.48 bits per heavy atom. The molecule has 9 rings (SSSR count). The van der Waals surface area contributed by atoms with E-state index in [1.165, 1.54) is 17.1 Å². The van der Waals surface area contributed by atoms with Gasteiger partial charge in [-0.15, -0.1) is 6.42 Å². The first-order valence-electron chi connectivity index (χ1n) is 24.7. The van der Waals surface area contributed by atoms with E-state index in [1.54, 1.807) is 14.0 Å². The van der Waals surface area contributed by atoms with Crippen LogP contribution in [0.1, 0.15) is 115 Å². The molecule has 19 heteroatoms. The van der Waals surface area contributed by atoms with Gasteiger partial charge in [0.2, 0.25) is 0 Å². The summed E-state index contributed by atoms with van der Waals surface area (Å²) in [5.74, 6) is 5.56. The molecule has 0 N–H and O–H groups in total. The van der Waals surface area contributed by atoms with Gasteiger partial charge in [-0.25, -0.2) is 4.98 Å². The molecule has 8 heterocycles. The van der Waals surface area contributed by atoms with Crippen molar-refractivity contribution in [2.45, 2.75) is 134 Å². The van der Waals surface area contributed by atoms with Crippen LogP contribution < -0.4 is 0 Å². The molecule has 0 aliphatic carbocycles. The standard InChI is InChI=1S/C16H21N5.C13H19N5O.C10H13N3.C9H12ClN3O.2C2H6/c1-5-21-12(11-19(2)3)10-14(18-21)16-17-13-8-6-7-9-15(13)20(16)4;1-9(2)17-5-4-6-18-11(8-17)7-12(15-18)13-14-10(3)16-19-13;1-3-9-7-10-8-12(2)5-4-6-13(10)11-9;1-5(2)7(10)8(11-4)9-12-6(3)13-14-9;2*1-2/h6-10H,5,11H2,1-4H3;7,9H,4-6,8H2,1-3H3;1,7H,4-6,8H2,2H3;1-4H3;2*1-2H3. The van der Waals surface area contributed by atoms with Crippen molar-refractivity contribution < 1.29 is 9.05 Å². The molecule has 71 heavy (non-hydrogen) atoms. The van der Waals surface area contributed by atoms with Crippen molar-refractivity contribution in [3.63, 3.8) is 0 Å². The van der Waals surface area contributed by atoms with E-state index >= 15 is 0 Å². The summed E-state index contributed by atoms with van der Waals surface area (Å²) in [4.78, 5) is 23.9. The highest BCUT2D eigenvalue weighted by Gasteiger charge is 2.21. The van der Waals surface area contributed by atoms with Crippen molar-refractivity contribution in [1.82, 2.24) is 73.9 Å². The minimum atomic E-state index is 0.358. The Morgan fingerprint density at radius 3 is 2.06 bits per heavy atom. The second-order valence-corrected chi connectivity index (χ2v) is 17.8. The third kappa shape index (κ3) is 15.6. The van der Waals surface area contributed by atoms with Crippen LogP contribution in [0.25, 0.3) is 34.1 Å². The minimum Gasteiger partial charge on any atom is -0.332 e. The summed E-state index contributed by atoms with van der Waals surface area (Å²) in [7, 11) is 9.95. The number of terminal acetylenes is 1. The van der Waals surface area contributed by atoms with Gasteiger partial charge in [-0.3, -0.25) is 23.9 Å². The van der Waals surface area contributed by atoms with Crippen LogP contribution >= 0.6 is 11.6 Å². The maximum atomic E-state index is 6.05. The Balaban J connectivity index is 0.000000204. The van der Waals surface area contributed by atoms with Gasteiger partial charge in [-0.2, -0.15) is 25.3 Å². The Labute approximate surface area is 426 Å². The normalized spacial score (nSPS) is 13.6. The number of imidazole rings is 1. The third-order valence-corrected chi connectivity index (χ3v) is 11.7. The number of aliphatic imine (C=N–C) groups is 1. The van der Waals surface area contributed by atoms with Crippen LogP contribution in [0.3, 0.4) is 0 Å². The second kappa shape index (κ2) is 28.0. The highest BCUT2D eigenvalue weighted by Crippen LogP contribution is 2.25. The van der Waals surface area contributed by atoms with Gasteiger partial charge in [0.05, 0.1) is 33.1 Å². The smallest absolute Gasteiger partial charge is 0.278 e. The van der Waals surface area contributed by atoms with E-state index in [9.17, 15) is 0 Å². The Hall–Kier alpha value is -6.26. The number of rotatable bonds is 8. The van der Waals surface area contributed by atoms with Gasteiger partial charge in [-0.1, -0.05) is 67.3 Å². The highest BCUT2D eigenvalue weighted by molar-refractivity contribution is 6.46. The van der Waals surface area contributed by atoms with Gasteiger partial charge in [-0.05, 0) is 119 Å². The van der Waals surface area contributed by atoms with Gasteiger partial charge >= 0.3 is 0 Å². The van der Waals surface area contributed by atoms with Crippen LogP contribution in [0, 0.1) is 26.2 Å². The van der Waals surface area contributed by atoms with E-state index in [-0.39, 0.29) is 0 Å². The molecular formula is C52H77ClN16O2. The van der Waals surface area contributed by atoms with E-state index in [0.717, 1.165) is 105 Å². The zero-order chi connectivity index (χ0) is 52.4. The number of hydrogen-bond acceptors (Lipinski definition) is 14. The SMILES string of the molecule is C#Cc1cc2n(n1)CCCN(C)C2.CC.CC.CCn1nc(-c2nc3ccccc3n2C)cc1CN(C)C.CN=C(C(Cl)=C(C)C)c1nc(C)no1.Cc1noc(-c2cc3n(n2)CCCN(C(C)C)C3)n1. The van der Waals surface area contributed by atoms with Crippen LogP contribution in [0.5, 0.6) is 0 Å². The molecule has 384 valence electrons. The second-order valence-electron chi connectivity index (χ2n) is 17.4. The van der Waals surface area contributed by atoms with E-state index in [1.807, 2.05) is 84.5 Å². The fraction of sp³-hybridized carbons (Fsp3) is 0.519. The maximum absolute atomic E-state index is 6.05. The summed E-state index contributed by atoms with van der Waals surface area (Å²) in [5.41, 5.74) is 9.77. The molecule has 2 aliphatic rings. The van der Waals surface area contributed by atoms with Crippen molar-refractivity contribution in [2.75, 3.05) is 41.3 Å². The van der Waals surface area contributed by atoms with Gasteiger partial charge in [0.1, 0.15) is 17.1 Å². The third-order valence-electron chi connectivity index (χ3n) is 11.1. The Kier molecular flexibility index (Phi) is 22.6. The largest absolute Gasteiger partial charge is 0.332 e. The summed E-state index contributed by atoms with van der Waals surface area (Å²) in [6.45, 7) is 29.8. The molecule has 0 saturated heterocycles. The summed E-state index contributed by atoms with van der Waals surface area (Å²) in [6, 6.07) is 14.9. The van der Waals surface area contributed by atoms with Crippen molar-refractivity contribution in [1.29, 1.82) is 0 Å². The van der Waals surface area contributed by atoms with Crippen LogP contribution in [0.15, 0.2) is 67.1 Å². The molecule has 0 atom stereocenters. The molecule has 1 aromatic carbocycles. The summed E-state index contributed by atoms with van der Waals surface area (Å²) < 4.78 is 18.4. The number of aromatic nitrogens is 12. The van der Waals surface area contributed by atoms with Crippen LogP contribution in [-0.2, 0) is 46.3 Å². The predicted molar refractivity (Wildman–Crippen MR) is 285 cm³/mol. The van der Waals surface area contributed by atoms with Gasteiger partial charge < -0.3 is 23.4 Å². The summed E-state index contributed by atoms with van der Waals surface area (Å²) in [5, 5.41) is 21.7. The van der Waals surface area contributed by atoms with E-state index < -0.39 is 0 Å². The number of nitrogens with zero attached hydrogens (tertiary/aromatic N) is 16. The Morgan fingerprint density at radius 1 is 0.831 bits per heavy atom. The van der Waals surface area contributed by atoms with Gasteiger partial charge in [0.25, 0.3) is 11.8 Å². The van der Waals surface area contributed by atoms with Gasteiger partial charge in [0.15, 0.2) is 23.2 Å². The average Bonchev–Trinajstić information content (AvgIpc) is 4.23. The van der Waals surface area contributed by atoms with Crippen LogP contribution in [-0.4, -0.2) is 127 Å². The first kappa shape index (κ1) is 57.3. The van der Waals surface area contributed by atoms with Crippen molar-refractivity contribution in [3.05, 3.63) is 93.4 Å². The van der Waals surface area contributed by atoms with E-state index in [4.69, 9.17) is 37.2 Å². The van der Waals surface area contributed by atoms with Crippen molar-refractivity contribution in [2.24, 2.45) is 12.0 Å². The van der Waals surface area contributed by atoms with Gasteiger partial charge in [0, 0.05) is 72.5 Å². The number of allylic oxidation sites excluding steroid dienone is 2. The molecular weight excluding hydrogens is 916 g/mol. The highest BCUT2D eigenvalue weighted by atomic mass is 35.5. The fourth-order valence-electron chi connectivity index (χ4n) is 7.71. The Bertz CT molecular complexity index is 2820. The van der Waals surface area contributed by atoms with Crippen LogP contribution in [0.4, 0.5) is 0 Å². The lowest BCUT2D eigenvalue weighted by Crippen LogP contribution is -2.30. The molecule has 2 aliphatic heterocycles. The molecule has 7 aromatic rings. The molecule has 0 amide bonds. The molecule has 0 radical (unpaired) electrons. The summed E-state index contributed by atoms with van der Waals surface area (Å²) >= 11 is 6.05. The van der Waals surface area contributed by atoms with E-state index in [0.29, 0.717) is 40.2 Å². The molecule has 0 fully saturated rings. The minimum absolute atomic E-state index is 0.358. The number of halogens is 1. The molecule has 6 aromatic heterocycles. The fourth-order valence-corrected chi connectivity index (χ4v) is 7.87. The lowest BCUT2D eigenvalue weighted by molar-refractivity contribution is 0.216. The first-order chi connectivity index (χ1) is 34.1. The predicted octanol–water partition coefficient (Wildman–Crippen LogP) is 9.46. The summed E-state index contributed by atoms with van der Waals surface area (Å²) in [6.07, 6.45) is 7.56.